The summed E-state index contributed by atoms with van der Waals surface area (Å²) in [5, 5.41) is 0. The maximum Gasteiger partial charge on any atom is 0.193 e. The van der Waals surface area contributed by atoms with E-state index in [4.69, 9.17) is 34.8 Å². The van der Waals surface area contributed by atoms with Crippen LogP contribution in [0.2, 0.25) is 0 Å². The van der Waals surface area contributed by atoms with E-state index in [9.17, 15) is 0 Å². The fourth-order valence-corrected chi connectivity index (χ4v) is 2.09. The van der Waals surface area contributed by atoms with Crippen molar-refractivity contribution in [3.05, 3.63) is 12.2 Å². The van der Waals surface area contributed by atoms with Gasteiger partial charge >= 0.3 is 0 Å². The van der Waals surface area contributed by atoms with E-state index in [0.717, 1.165) is 12.8 Å². The summed E-state index contributed by atoms with van der Waals surface area (Å²) >= 11 is 17.5. The molecule has 1 aliphatic rings. The number of hydrogen-bond acceptors (Lipinski definition) is 0. The highest BCUT2D eigenvalue weighted by Crippen LogP contribution is 2.46. The molecule has 0 aromatic rings. The second-order valence-corrected chi connectivity index (χ2v) is 6.44. The van der Waals surface area contributed by atoms with Crippen LogP contribution in [0.15, 0.2) is 12.2 Å². The van der Waals surface area contributed by atoms with E-state index >= 15 is 0 Å². The standard InChI is InChI=1S/C9H13Cl3/c1-8(2)5-3-4-7(6-8)9(10,11)12/h3,5,7H,4,6H2,1-2H3. The fourth-order valence-electron chi connectivity index (χ4n) is 1.59. The minimum absolute atomic E-state index is 0.155. The van der Waals surface area contributed by atoms with E-state index in [0.29, 0.717) is 0 Å². The number of alkyl halides is 3. The Morgan fingerprint density at radius 2 is 1.92 bits per heavy atom. The van der Waals surface area contributed by atoms with Crippen LogP contribution in [0.25, 0.3) is 0 Å². The first-order valence-electron chi connectivity index (χ1n) is 4.06. The molecule has 1 atom stereocenters. The molecular weight excluding hydrogens is 214 g/mol. The Morgan fingerprint density at radius 3 is 2.25 bits per heavy atom. The van der Waals surface area contributed by atoms with Gasteiger partial charge in [0.25, 0.3) is 0 Å². The Labute approximate surface area is 88.9 Å². The predicted molar refractivity (Wildman–Crippen MR) is 55.9 cm³/mol. The van der Waals surface area contributed by atoms with E-state index in [-0.39, 0.29) is 11.3 Å². The van der Waals surface area contributed by atoms with Gasteiger partial charge in [0.2, 0.25) is 0 Å². The van der Waals surface area contributed by atoms with Crippen molar-refractivity contribution in [1.29, 1.82) is 0 Å². The summed E-state index contributed by atoms with van der Waals surface area (Å²) in [7, 11) is 0. The van der Waals surface area contributed by atoms with Crippen molar-refractivity contribution < 1.29 is 0 Å². The van der Waals surface area contributed by atoms with Gasteiger partial charge in [0, 0.05) is 5.92 Å². The normalized spacial score (nSPS) is 28.9. The van der Waals surface area contributed by atoms with Gasteiger partial charge in [-0.3, -0.25) is 0 Å². The van der Waals surface area contributed by atoms with Crippen LogP contribution in [0.1, 0.15) is 26.7 Å². The molecule has 0 fully saturated rings. The zero-order chi connectivity index (χ0) is 9.41. The molecule has 0 aliphatic heterocycles. The lowest BCUT2D eigenvalue weighted by molar-refractivity contribution is 0.316. The lowest BCUT2D eigenvalue weighted by Crippen LogP contribution is -2.27. The molecule has 0 nitrogen and oxygen atoms in total. The molecule has 0 spiro atoms. The van der Waals surface area contributed by atoms with Crippen LogP contribution < -0.4 is 0 Å². The highest BCUT2D eigenvalue weighted by atomic mass is 35.6. The first-order chi connectivity index (χ1) is 5.31. The summed E-state index contributed by atoms with van der Waals surface area (Å²) in [5.41, 5.74) is 0.173. The Bertz CT molecular complexity index is 188. The van der Waals surface area contributed by atoms with E-state index in [1.165, 1.54) is 0 Å². The van der Waals surface area contributed by atoms with Crippen LogP contribution in [0.4, 0.5) is 0 Å². The fraction of sp³-hybridized carbons (Fsp3) is 0.778. The van der Waals surface area contributed by atoms with Gasteiger partial charge in [-0.05, 0) is 18.3 Å². The second-order valence-electron chi connectivity index (χ2n) is 4.07. The molecule has 0 aromatic carbocycles. The molecule has 0 saturated heterocycles. The summed E-state index contributed by atoms with van der Waals surface area (Å²) in [5.74, 6) is 0.155. The van der Waals surface area contributed by atoms with Gasteiger partial charge in [0.15, 0.2) is 3.79 Å². The van der Waals surface area contributed by atoms with Crippen LogP contribution in [-0.4, -0.2) is 3.79 Å². The van der Waals surface area contributed by atoms with Crippen molar-refractivity contribution in [2.45, 2.75) is 30.5 Å². The Kier molecular flexibility index (Phi) is 3.03. The van der Waals surface area contributed by atoms with Gasteiger partial charge in [0.05, 0.1) is 0 Å². The maximum atomic E-state index is 5.84. The molecule has 0 amide bonds. The number of halogens is 3. The number of rotatable bonds is 0. The average Bonchev–Trinajstić information content (AvgIpc) is 1.83. The monoisotopic (exact) mass is 226 g/mol. The van der Waals surface area contributed by atoms with Crippen molar-refractivity contribution in [3.8, 4) is 0 Å². The summed E-state index contributed by atoms with van der Waals surface area (Å²) < 4.78 is -1.11. The van der Waals surface area contributed by atoms with Crippen molar-refractivity contribution in [3.63, 3.8) is 0 Å². The van der Waals surface area contributed by atoms with Crippen molar-refractivity contribution in [2.24, 2.45) is 11.3 Å². The molecule has 70 valence electrons. The first-order valence-corrected chi connectivity index (χ1v) is 5.19. The Balaban J connectivity index is 2.69. The lowest BCUT2D eigenvalue weighted by atomic mass is 9.77. The van der Waals surface area contributed by atoms with Gasteiger partial charge in [-0.1, -0.05) is 60.8 Å². The van der Waals surface area contributed by atoms with Gasteiger partial charge in [-0.15, -0.1) is 0 Å². The summed E-state index contributed by atoms with van der Waals surface area (Å²) in [6.45, 7) is 4.32. The molecule has 0 N–H and O–H groups in total. The lowest BCUT2D eigenvalue weighted by Gasteiger charge is -2.34. The smallest absolute Gasteiger partial charge is 0.0876 e. The number of allylic oxidation sites excluding steroid dienone is 2. The second kappa shape index (κ2) is 3.40. The molecule has 0 heterocycles. The quantitative estimate of drug-likeness (QED) is 0.426. The first kappa shape index (κ1) is 10.7. The molecule has 0 aromatic heterocycles. The van der Waals surface area contributed by atoms with Gasteiger partial charge < -0.3 is 0 Å². The molecule has 1 rings (SSSR count). The molecule has 0 saturated carbocycles. The Morgan fingerprint density at radius 1 is 1.33 bits per heavy atom. The molecule has 1 unspecified atom stereocenters. The zero-order valence-electron chi connectivity index (χ0n) is 7.28. The maximum absolute atomic E-state index is 5.84. The predicted octanol–water partition coefficient (Wildman–Crippen LogP) is 4.35. The van der Waals surface area contributed by atoms with Crippen LogP contribution in [-0.2, 0) is 0 Å². The summed E-state index contributed by atoms with van der Waals surface area (Å²) in [6.07, 6.45) is 6.12. The van der Waals surface area contributed by atoms with E-state index < -0.39 is 3.79 Å². The molecule has 0 bridgehead atoms. The molecule has 0 radical (unpaired) electrons. The molecule has 12 heavy (non-hydrogen) atoms. The van der Waals surface area contributed by atoms with Crippen LogP contribution in [0, 0.1) is 11.3 Å². The Hall–Kier alpha value is 0.610. The largest absolute Gasteiger partial charge is 0.193 e. The van der Waals surface area contributed by atoms with Gasteiger partial charge in [0.1, 0.15) is 0 Å². The van der Waals surface area contributed by atoms with E-state index in [2.05, 4.69) is 26.0 Å². The minimum Gasteiger partial charge on any atom is -0.0876 e. The number of hydrogen-bond donors (Lipinski definition) is 0. The SMILES string of the molecule is CC1(C)C=CCC(C(Cl)(Cl)Cl)C1. The van der Waals surface area contributed by atoms with Crippen molar-refractivity contribution >= 4 is 34.8 Å². The third kappa shape index (κ3) is 2.83. The van der Waals surface area contributed by atoms with E-state index in [1.807, 2.05) is 0 Å². The topological polar surface area (TPSA) is 0 Å². The van der Waals surface area contributed by atoms with Crippen molar-refractivity contribution in [2.75, 3.05) is 0 Å². The van der Waals surface area contributed by atoms with E-state index in [1.54, 1.807) is 0 Å². The zero-order valence-corrected chi connectivity index (χ0v) is 9.55. The van der Waals surface area contributed by atoms with Gasteiger partial charge in [-0.2, -0.15) is 0 Å². The summed E-state index contributed by atoms with van der Waals surface area (Å²) in [6, 6.07) is 0. The van der Waals surface area contributed by atoms with Crippen LogP contribution in [0.3, 0.4) is 0 Å². The van der Waals surface area contributed by atoms with Crippen LogP contribution in [0.5, 0.6) is 0 Å². The molecule has 3 heteroatoms. The van der Waals surface area contributed by atoms with Crippen molar-refractivity contribution in [1.82, 2.24) is 0 Å². The molecular formula is C9H13Cl3. The highest BCUT2D eigenvalue weighted by Gasteiger charge is 2.37. The third-order valence-electron chi connectivity index (χ3n) is 2.23. The average molecular weight is 228 g/mol. The van der Waals surface area contributed by atoms with Crippen LogP contribution >= 0.6 is 34.8 Å². The highest BCUT2D eigenvalue weighted by molar-refractivity contribution is 6.67. The minimum atomic E-state index is -1.11. The molecule has 1 aliphatic carbocycles. The third-order valence-corrected chi connectivity index (χ3v) is 3.15. The van der Waals surface area contributed by atoms with Gasteiger partial charge in [-0.25, -0.2) is 0 Å². The summed E-state index contributed by atoms with van der Waals surface area (Å²) in [4.78, 5) is 0.